The van der Waals surface area contributed by atoms with Gasteiger partial charge in [-0.3, -0.25) is 4.79 Å². The van der Waals surface area contributed by atoms with Crippen molar-refractivity contribution in [3.8, 4) is 0 Å². The standard InChI is InChI=1S/C23H31ClN4O5Si/c1-27(2)22(31)25-13-19(14-29)26-21(30)20(12-16-7-4-3-5-8-16)28(34)23(32)33-15-17-9-6-10-18(24)11-17/h6,9-11,14,16,19H,3-5,7-8,12-13,15H2,1-2H3,(H,25,31)(H,26,30)/q+1/b28-20-. The summed E-state index contributed by atoms with van der Waals surface area (Å²) in [5.41, 5.74) is 0.849. The molecule has 0 aliphatic heterocycles. The van der Waals surface area contributed by atoms with Gasteiger partial charge in [0.25, 0.3) is 0 Å². The zero-order valence-electron chi connectivity index (χ0n) is 19.5. The molecule has 1 aliphatic rings. The van der Waals surface area contributed by atoms with Crippen LogP contribution in [-0.2, 0) is 20.9 Å². The summed E-state index contributed by atoms with van der Waals surface area (Å²) in [6.45, 7) is -0.101. The molecule has 0 spiro atoms. The minimum Gasteiger partial charge on any atom is -0.409 e. The number of hydrogen-bond acceptors (Lipinski definition) is 5. The molecule has 0 bridgehead atoms. The average Bonchev–Trinajstić information content (AvgIpc) is 2.83. The molecule has 0 saturated heterocycles. The van der Waals surface area contributed by atoms with Crippen molar-refractivity contribution in [1.82, 2.24) is 15.5 Å². The van der Waals surface area contributed by atoms with E-state index in [-0.39, 0.29) is 30.8 Å². The Hall–Kier alpha value is -2.72. The highest BCUT2D eigenvalue weighted by atomic mass is 35.5. The van der Waals surface area contributed by atoms with Gasteiger partial charge in [0.15, 0.2) is 0 Å². The number of hydrogen-bond donors (Lipinski definition) is 2. The Balaban J connectivity index is 2.14. The summed E-state index contributed by atoms with van der Waals surface area (Å²) in [5, 5.41) is 5.67. The Morgan fingerprint density at radius 3 is 2.59 bits per heavy atom. The SMILES string of the molecule is CN(C)C(=O)NCC(C=O)NC(=O)/C(CC1CCCCC1)=[N+](\[Si])C(=O)OCc1cccc(Cl)c1. The first kappa shape index (κ1) is 27.5. The number of carbonyl (C=O) groups excluding carboxylic acids is 4. The number of nitrogens with zero attached hydrogens (tertiary/aromatic N) is 2. The van der Waals surface area contributed by atoms with Crippen LogP contribution in [0.1, 0.15) is 44.1 Å². The van der Waals surface area contributed by atoms with Crippen molar-refractivity contribution in [3.05, 3.63) is 34.9 Å². The summed E-state index contributed by atoms with van der Waals surface area (Å²) in [6.07, 6.45) is 5.30. The smallest absolute Gasteiger partial charge is 0.409 e. The Morgan fingerprint density at radius 2 is 1.97 bits per heavy atom. The largest absolute Gasteiger partial charge is 0.574 e. The van der Waals surface area contributed by atoms with Gasteiger partial charge in [0.1, 0.15) is 18.9 Å². The number of benzene rings is 1. The Labute approximate surface area is 208 Å². The second-order valence-corrected chi connectivity index (χ2v) is 9.35. The zero-order chi connectivity index (χ0) is 25.1. The second-order valence-electron chi connectivity index (χ2n) is 8.47. The third-order valence-corrected chi connectivity index (χ3v) is 6.22. The van der Waals surface area contributed by atoms with Gasteiger partial charge < -0.3 is 25.1 Å². The molecular formula is C23H31ClN4O5Si+. The van der Waals surface area contributed by atoms with Crippen LogP contribution in [0.15, 0.2) is 24.3 Å². The fraction of sp³-hybridized carbons (Fsp3) is 0.522. The van der Waals surface area contributed by atoms with Crippen molar-refractivity contribution < 1.29 is 28.2 Å². The summed E-state index contributed by atoms with van der Waals surface area (Å²) in [4.78, 5) is 50.4. The van der Waals surface area contributed by atoms with Gasteiger partial charge in [0.2, 0.25) is 5.71 Å². The molecule has 1 fully saturated rings. The molecule has 1 saturated carbocycles. The highest BCUT2D eigenvalue weighted by Gasteiger charge is 2.32. The van der Waals surface area contributed by atoms with Crippen LogP contribution in [0.4, 0.5) is 9.59 Å². The van der Waals surface area contributed by atoms with Crippen molar-refractivity contribution in [2.24, 2.45) is 5.92 Å². The minimum atomic E-state index is -0.958. The van der Waals surface area contributed by atoms with Crippen LogP contribution in [-0.4, -0.2) is 76.3 Å². The molecule has 0 aromatic heterocycles. The molecule has 183 valence electrons. The van der Waals surface area contributed by atoms with Crippen molar-refractivity contribution in [3.63, 3.8) is 0 Å². The summed E-state index contributed by atoms with van der Waals surface area (Å²) >= 11 is 5.97. The van der Waals surface area contributed by atoms with Crippen LogP contribution in [0, 0.1) is 5.92 Å². The first-order valence-corrected chi connectivity index (χ1v) is 12.0. The molecular weight excluding hydrogens is 476 g/mol. The van der Waals surface area contributed by atoms with Gasteiger partial charge in [-0.15, -0.1) is 0 Å². The van der Waals surface area contributed by atoms with E-state index < -0.39 is 18.0 Å². The van der Waals surface area contributed by atoms with E-state index in [4.69, 9.17) is 16.3 Å². The molecule has 1 aliphatic carbocycles. The predicted octanol–water partition coefficient (Wildman–Crippen LogP) is 2.44. The topological polar surface area (TPSA) is 108 Å². The number of carbonyl (C=O) groups is 4. The third-order valence-electron chi connectivity index (χ3n) is 5.53. The van der Waals surface area contributed by atoms with E-state index in [1.807, 2.05) is 0 Å². The van der Waals surface area contributed by atoms with Gasteiger partial charge in [0, 0.05) is 32.1 Å². The lowest BCUT2D eigenvalue weighted by atomic mass is 9.85. The van der Waals surface area contributed by atoms with Crippen LogP contribution in [0.3, 0.4) is 0 Å². The average molecular weight is 507 g/mol. The number of amides is 4. The van der Waals surface area contributed by atoms with Crippen molar-refractivity contribution >= 4 is 52.0 Å². The van der Waals surface area contributed by atoms with E-state index in [0.29, 0.717) is 23.3 Å². The highest BCUT2D eigenvalue weighted by Crippen LogP contribution is 2.26. The van der Waals surface area contributed by atoms with Gasteiger partial charge in [0.05, 0.1) is 0 Å². The van der Waals surface area contributed by atoms with Gasteiger partial charge in [-0.1, -0.05) is 43.0 Å². The van der Waals surface area contributed by atoms with Crippen LogP contribution in [0.2, 0.25) is 5.02 Å². The lowest BCUT2D eigenvalue weighted by Crippen LogP contribution is -2.50. The summed E-state index contributed by atoms with van der Waals surface area (Å²) in [6, 6.07) is 5.57. The summed E-state index contributed by atoms with van der Waals surface area (Å²) in [7, 11) is 6.39. The van der Waals surface area contributed by atoms with E-state index >= 15 is 0 Å². The molecule has 1 aromatic carbocycles. The minimum absolute atomic E-state index is 0.0216. The molecule has 34 heavy (non-hydrogen) atoms. The van der Waals surface area contributed by atoms with E-state index in [9.17, 15) is 19.2 Å². The Kier molecular flexibility index (Phi) is 11.2. The highest BCUT2D eigenvalue weighted by molar-refractivity contribution is 6.39. The molecule has 1 aromatic rings. The molecule has 4 amide bonds. The number of rotatable bonds is 9. The van der Waals surface area contributed by atoms with Gasteiger partial charge in [-0.25, -0.2) is 4.79 Å². The quantitative estimate of drug-likeness (QED) is 0.304. The van der Waals surface area contributed by atoms with Crippen molar-refractivity contribution in [2.45, 2.75) is 51.2 Å². The lowest BCUT2D eigenvalue weighted by molar-refractivity contribution is -0.296. The third kappa shape index (κ3) is 8.90. The van der Waals surface area contributed by atoms with Crippen molar-refractivity contribution in [1.29, 1.82) is 0 Å². The van der Waals surface area contributed by atoms with Gasteiger partial charge in [-0.05, 0) is 36.5 Å². The molecule has 3 radical (unpaired) electrons. The van der Waals surface area contributed by atoms with E-state index in [0.717, 1.165) is 36.3 Å². The lowest BCUT2D eigenvalue weighted by Gasteiger charge is -2.21. The predicted molar refractivity (Wildman–Crippen MR) is 129 cm³/mol. The maximum absolute atomic E-state index is 13.1. The number of ether oxygens (including phenoxy) is 1. The van der Waals surface area contributed by atoms with Crippen LogP contribution in [0.5, 0.6) is 0 Å². The van der Waals surface area contributed by atoms with Crippen LogP contribution in [0.25, 0.3) is 0 Å². The van der Waals surface area contributed by atoms with E-state index in [1.165, 1.54) is 4.90 Å². The molecule has 2 N–H and O–H groups in total. The van der Waals surface area contributed by atoms with Gasteiger partial charge in [-0.2, -0.15) is 9.04 Å². The number of nitrogens with one attached hydrogen (secondary N) is 2. The normalized spacial score (nSPS) is 15.5. The molecule has 0 heterocycles. The van der Waals surface area contributed by atoms with Gasteiger partial charge >= 0.3 is 28.4 Å². The monoisotopic (exact) mass is 506 g/mol. The first-order valence-electron chi connectivity index (χ1n) is 11.2. The molecule has 1 unspecified atom stereocenters. The zero-order valence-corrected chi connectivity index (χ0v) is 21.3. The summed E-state index contributed by atoms with van der Waals surface area (Å²) < 4.78 is 6.36. The number of aldehydes is 1. The fourth-order valence-corrected chi connectivity index (χ4v) is 4.11. The molecule has 9 nitrogen and oxygen atoms in total. The maximum atomic E-state index is 13.1. The maximum Gasteiger partial charge on any atom is 0.574 e. The second kappa shape index (κ2) is 13.9. The Morgan fingerprint density at radius 1 is 1.26 bits per heavy atom. The van der Waals surface area contributed by atoms with E-state index in [2.05, 4.69) is 21.0 Å². The molecule has 1 atom stereocenters. The molecule has 11 heteroatoms. The van der Waals surface area contributed by atoms with E-state index in [1.54, 1.807) is 38.4 Å². The number of halogens is 1. The Bertz CT molecular complexity index is 918. The fourth-order valence-electron chi connectivity index (χ4n) is 3.64. The van der Waals surface area contributed by atoms with Crippen LogP contribution >= 0.6 is 11.6 Å². The number of urea groups is 1. The molecule has 2 rings (SSSR count). The van der Waals surface area contributed by atoms with Crippen LogP contribution < -0.4 is 10.6 Å². The summed E-state index contributed by atoms with van der Waals surface area (Å²) in [5.74, 6) is -0.353. The van der Waals surface area contributed by atoms with Crippen molar-refractivity contribution in [2.75, 3.05) is 20.6 Å². The first-order chi connectivity index (χ1) is 16.2.